The first kappa shape index (κ1) is 30.6. The first-order chi connectivity index (χ1) is 25.5. The third-order valence-electron chi connectivity index (χ3n) is 10.5. The van der Waals surface area contributed by atoms with Crippen molar-refractivity contribution in [3.05, 3.63) is 175 Å². The molecule has 1 aliphatic carbocycles. The van der Waals surface area contributed by atoms with Crippen molar-refractivity contribution >= 4 is 31.5 Å². The first-order valence-corrected chi connectivity index (χ1v) is 18.5. The normalized spacial score (nSPS) is 13.0. The summed E-state index contributed by atoms with van der Waals surface area (Å²) in [6.45, 7) is 4.62. The zero-order valence-corrected chi connectivity index (χ0v) is 29.7. The van der Waals surface area contributed by atoms with Crippen molar-refractivity contribution in [1.29, 1.82) is 0 Å². The van der Waals surface area contributed by atoms with Gasteiger partial charge in [-0.3, -0.25) is 0 Å². The molecule has 246 valence electrons. The maximum Gasteiger partial charge on any atom is 0.164 e. The molecule has 0 saturated carbocycles. The highest BCUT2D eigenvalue weighted by Crippen LogP contribution is 2.49. The van der Waals surface area contributed by atoms with Crippen LogP contribution in [0.5, 0.6) is 0 Å². The minimum absolute atomic E-state index is 0.125. The number of nitrogens with zero attached hydrogens (tertiary/aromatic N) is 3. The van der Waals surface area contributed by atoms with Gasteiger partial charge in [-0.1, -0.05) is 147 Å². The Morgan fingerprint density at radius 2 is 0.962 bits per heavy atom. The summed E-state index contributed by atoms with van der Waals surface area (Å²) < 4.78 is 2.45. The molecule has 9 aromatic rings. The van der Waals surface area contributed by atoms with Crippen LogP contribution in [0, 0.1) is 0 Å². The van der Waals surface area contributed by atoms with E-state index in [1.54, 1.807) is 0 Å². The fraction of sp³-hybridized carbons (Fsp3) is 0.0625. The Labute approximate surface area is 307 Å². The van der Waals surface area contributed by atoms with E-state index in [0.29, 0.717) is 17.5 Å². The summed E-state index contributed by atoms with van der Waals surface area (Å²) in [6, 6.07) is 58.4. The van der Waals surface area contributed by atoms with E-state index in [0.717, 1.165) is 16.7 Å². The number of thiophene rings is 1. The summed E-state index contributed by atoms with van der Waals surface area (Å²) in [5, 5.41) is 2.38. The van der Waals surface area contributed by atoms with Crippen molar-refractivity contribution in [2.75, 3.05) is 0 Å². The van der Waals surface area contributed by atoms with Crippen molar-refractivity contribution < 1.29 is 0 Å². The Balaban J connectivity index is 1.15. The molecule has 3 nitrogen and oxygen atoms in total. The van der Waals surface area contributed by atoms with Gasteiger partial charge in [0.15, 0.2) is 17.5 Å². The fourth-order valence-electron chi connectivity index (χ4n) is 7.89. The van der Waals surface area contributed by atoms with Gasteiger partial charge in [0.1, 0.15) is 0 Å². The zero-order valence-electron chi connectivity index (χ0n) is 28.8. The highest BCUT2D eigenvalue weighted by Gasteiger charge is 2.35. The number of hydrogen-bond donors (Lipinski definition) is 0. The predicted molar refractivity (Wildman–Crippen MR) is 217 cm³/mol. The molecule has 0 unspecified atom stereocenters. The second-order valence-electron chi connectivity index (χ2n) is 14.0. The highest BCUT2D eigenvalue weighted by molar-refractivity contribution is 7.26. The fourth-order valence-corrected chi connectivity index (χ4v) is 9.00. The molecule has 0 radical (unpaired) electrons. The molecule has 4 heteroatoms. The Bertz CT molecular complexity index is 2820. The van der Waals surface area contributed by atoms with Crippen LogP contribution in [0.1, 0.15) is 25.0 Å². The standard InChI is InChI=1S/C48H33N3S/c1-48(2)40-21-10-9-19-36(40)37-25-23-35(29-41(37)48)46-49-45(31-15-7-4-8-16-31)50-47(51-46)38-20-12-22-43-44(38)39-28-34(24-26-42(39)52-43)33-18-11-17-32(27-33)30-13-5-3-6-14-30/h3-29H,1-2H3. The lowest BCUT2D eigenvalue weighted by Crippen LogP contribution is -2.15. The van der Waals surface area contributed by atoms with E-state index in [-0.39, 0.29) is 5.41 Å². The minimum Gasteiger partial charge on any atom is -0.208 e. The van der Waals surface area contributed by atoms with E-state index in [9.17, 15) is 0 Å². The lowest BCUT2D eigenvalue weighted by molar-refractivity contribution is 0.660. The van der Waals surface area contributed by atoms with Gasteiger partial charge in [-0.25, -0.2) is 15.0 Å². The summed E-state index contributed by atoms with van der Waals surface area (Å²) in [6.07, 6.45) is 0. The molecule has 0 fully saturated rings. The number of fused-ring (bicyclic) bond motifs is 6. The molecule has 0 bridgehead atoms. The van der Waals surface area contributed by atoms with E-state index in [4.69, 9.17) is 15.0 Å². The van der Waals surface area contributed by atoms with Gasteiger partial charge >= 0.3 is 0 Å². The maximum atomic E-state index is 5.27. The second kappa shape index (κ2) is 11.9. The van der Waals surface area contributed by atoms with Gasteiger partial charge in [0.2, 0.25) is 0 Å². The summed E-state index contributed by atoms with van der Waals surface area (Å²) in [4.78, 5) is 15.6. The van der Waals surface area contributed by atoms with E-state index < -0.39 is 0 Å². The molecule has 0 N–H and O–H groups in total. The average Bonchev–Trinajstić information content (AvgIpc) is 3.70. The van der Waals surface area contributed by atoms with Crippen LogP contribution in [0.25, 0.3) is 87.7 Å². The van der Waals surface area contributed by atoms with Crippen molar-refractivity contribution in [2.45, 2.75) is 19.3 Å². The van der Waals surface area contributed by atoms with Gasteiger partial charge in [-0.05, 0) is 74.8 Å². The lowest BCUT2D eigenvalue weighted by Gasteiger charge is -2.21. The summed E-state index contributed by atoms with van der Waals surface area (Å²) in [5.74, 6) is 2.01. The molecule has 0 aliphatic heterocycles. The van der Waals surface area contributed by atoms with Crippen LogP contribution in [0.15, 0.2) is 164 Å². The smallest absolute Gasteiger partial charge is 0.164 e. The van der Waals surface area contributed by atoms with E-state index in [1.165, 1.54) is 64.7 Å². The number of aromatic nitrogens is 3. The first-order valence-electron chi connectivity index (χ1n) is 17.7. The van der Waals surface area contributed by atoms with Crippen LogP contribution in [-0.2, 0) is 5.41 Å². The number of rotatable bonds is 5. The van der Waals surface area contributed by atoms with E-state index in [2.05, 4.69) is 159 Å². The van der Waals surface area contributed by atoms with Crippen LogP contribution in [0.3, 0.4) is 0 Å². The third-order valence-corrected chi connectivity index (χ3v) is 11.7. The molecular weight excluding hydrogens is 651 g/mol. The number of benzene rings is 7. The van der Waals surface area contributed by atoms with Crippen molar-refractivity contribution in [3.8, 4) is 67.5 Å². The van der Waals surface area contributed by atoms with Crippen LogP contribution in [0.4, 0.5) is 0 Å². The average molecular weight is 684 g/mol. The van der Waals surface area contributed by atoms with Crippen LogP contribution in [-0.4, -0.2) is 15.0 Å². The molecule has 52 heavy (non-hydrogen) atoms. The molecule has 10 rings (SSSR count). The molecule has 0 atom stereocenters. The minimum atomic E-state index is -0.125. The Kier molecular flexibility index (Phi) is 7.02. The summed E-state index contributed by atoms with van der Waals surface area (Å²) in [5.41, 5.74) is 12.9. The van der Waals surface area contributed by atoms with Crippen LogP contribution in [0.2, 0.25) is 0 Å². The molecular formula is C48H33N3S. The molecule has 1 aliphatic rings. The topological polar surface area (TPSA) is 38.7 Å². The van der Waals surface area contributed by atoms with Gasteiger partial charge in [0, 0.05) is 42.3 Å². The molecule has 7 aromatic carbocycles. The molecule has 0 saturated heterocycles. The summed E-state index contributed by atoms with van der Waals surface area (Å²) in [7, 11) is 0. The van der Waals surface area contributed by atoms with Crippen LogP contribution >= 0.6 is 11.3 Å². The SMILES string of the molecule is CC1(C)c2ccccc2-c2ccc(-c3nc(-c4ccccc4)nc(-c4cccc5sc6ccc(-c7cccc(-c8ccccc8)c7)cc6c45)n3)cc21. The molecule has 0 spiro atoms. The Hall–Kier alpha value is -6.23. The van der Waals surface area contributed by atoms with Gasteiger partial charge < -0.3 is 0 Å². The van der Waals surface area contributed by atoms with Gasteiger partial charge in [-0.2, -0.15) is 0 Å². The Morgan fingerprint density at radius 1 is 0.385 bits per heavy atom. The van der Waals surface area contributed by atoms with Crippen molar-refractivity contribution in [2.24, 2.45) is 0 Å². The van der Waals surface area contributed by atoms with E-state index in [1.807, 2.05) is 29.5 Å². The molecule has 2 heterocycles. The number of hydrogen-bond acceptors (Lipinski definition) is 4. The quantitative estimate of drug-likeness (QED) is 0.181. The monoisotopic (exact) mass is 683 g/mol. The molecule has 2 aromatic heterocycles. The summed E-state index contributed by atoms with van der Waals surface area (Å²) >= 11 is 1.81. The third kappa shape index (κ3) is 4.98. The maximum absolute atomic E-state index is 5.27. The van der Waals surface area contributed by atoms with Crippen LogP contribution < -0.4 is 0 Å². The second-order valence-corrected chi connectivity index (χ2v) is 15.1. The Morgan fingerprint density at radius 3 is 1.77 bits per heavy atom. The van der Waals surface area contributed by atoms with Crippen molar-refractivity contribution in [1.82, 2.24) is 15.0 Å². The van der Waals surface area contributed by atoms with Gasteiger partial charge in [0.05, 0.1) is 0 Å². The highest BCUT2D eigenvalue weighted by atomic mass is 32.1. The zero-order chi connectivity index (χ0) is 34.8. The van der Waals surface area contributed by atoms with Gasteiger partial charge in [0.25, 0.3) is 0 Å². The molecule has 0 amide bonds. The van der Waals surface area contributed by atoms with Gasteiger partial charge in [-0.15, -0.1) is 11.3 Å². The van der Waals surface area contributed by atoms with E-state index >= 15 is 0 Å². The lowest BCUT2D eigenvalue weighted by atomic mass is 9.82. The van der Waals surface area contributed by atoms with Crippen molar-refractivity contribution in [3.63, 3.8) is 0 Å². The predicted octanol–water partition coefficient (Wildman–Crippen LogP) is 12.9. The largest absolute Gasteiger partial charge is 0.208 e.